The zero-order valence-corrected chi connectivity index (χ0v) is 12.9. The molecule has 0 aliphatic carbocycles. The van der Waals surface area contributed by atoms with Crippen molar-refractivity contribution in [3.05, 3.63) is 6.07 Å². The number of nitrogens with one attached hydrogen (secondary N) is 2. The fourth-order valence-corrected chi connectivity index (χ4v) is 1.97. The van der Waals surface area contributed by atoms with Gasteiger partial charge in [0, 0.05) is 25.6 Å². The maximum absolute atomic E-state index is 10.6. The molecule has 0 saturated carbocycles. The molecule has 112 valence electrons. The molecule has 1 aromatic rings. The van der Waals surface area contributed by atoms with Crippen molar-refractivity contribution in [1.82, 2.24) is 9.97 Å². The van der Waals surface area contributed by atoms with Gasteiger partial charge >= 0.3 is 0 Å². The molecule has 1 aromatic heterocycles. The summed E-state index contributed by atoms with van der Waals surface area (Å²) in [7, 11) is 0. The summed E-state index contributed by atoms with van der Waals surface area (Å²) in [5, 5.41) is 7.26. The maximum atomic E-state index is 10.6. The summed E-state index contributed by atoms with van der Waals surface area (Å²) in [6.45, 7) is 3.77. The Hall–Kier alpha value is -1.50. The number of hydrogen-bond acceptors (Lipinski definition) is 6. The van der Waals surface area contributed by atoms with Crippen molar-refractivity contribution in [1.29, 1.82) is 0 Å². The molecule has 0 spiro atoms. The minimum atomic E-state index is -0.247. The molecule has 0 aliphatic heterocycles. The SMILES string of the molecule is CCCNc1cc(NCCCCC(N)=O)nc(SC)n1. The fourth-order valence-electron chi connectivity index (χ4n) is 1.59. The zero-order chi connectivity index (χ0) is 14.8. The molecule has 0 bridgehead atoms. The Balaban J connectivity index is 2.48. The summed E-state index contributed by atoms with van der Waals surface area (Å²) < 4.78 is 0. The third kappa shape index (κ3) is 6.60. The monoisotopic (exact) mass is 297 g/mol. The second kappa shape index (κ2) is 9.41. The average molecular weight is 297 g/mol. The zero-order valence-electron chi connectivity index (χ0n) is 12.1. The molecule has 4 N–H and O–H groups in total. The van der Waals surface area contributed by atoms with Gasteiger partial charge in [0.1, 0.15) is 11.6 Å². The lowest BCUT2D eigenvalue weighted by molar-refractivity contribution is -0.118. The highest BCUT2D eigenvalue weighted by Gasteiger charge is 2.03. The summed E-state index contributed by atoms with van der Waals surface area (Å²) in [6.07, 6.45) is 5.12. The first-order valence-electron chi connectivity index (χ1n) is 6.84. The van der Waals surface area contributed by atoms with Gasteiger partial charge in [-0.1, -0.05) is 18.7 Å². The number of amides is 1. The van der Waals surface area contributed by atoms with Crippen molar-refractivity contribution >= 4 is 29.3 Å². The number of nitrogens with zero attached hydrogens (tertiary/aromatic N) is 2. The minimum Gasteiger partial charge on any atom is -0.370 e. The number of carbonyl (C=O) groups is 1. The lowest BCUT2D eigenvalue weighted by Crippen LogP contribution is -2.11. The van der Waals surface area contributed by atoms with Gasteiger partial charge in [-0.2, -0.15) is 0 Å². The molecule has 1 rings (SSSR count). The van der Waals surface area contributed by atoms with Crippen LogP contribution in [0.1, 0.15) is 32.6 Å². The number of hydrogen-bond donors (Lipinski definition) is 3. The number of nitrogens with two attached hydrogens (primary N) is 1. The largest absolute Gasteiger partial charge is 0.370 e. The van der Waals surface area contributed by atoms with E-state index in [1.807, 2.05) is 12.3 Å². The second-order valence-electron chi connectivity index (χ2n) is 4.40. The summed E-state index contributed by atoms with van der Waals surface area (Å²) in [4.78, 5) is 19.4. The summed E-state index contributed by atoms with van der Waals surface area (Å²) in [5.41, 5.74) is 5.10. The van der Waals surface area contributed by atoms with E-state index in [0.29, 0.717) is 6.42 Å². The molecule has 0 radical (unpaired) electrons. The van der Waals surface area contributed by atoms with E-state index < -0.39 is 0 Å². The van der Waals surface area contributed by atoms with Crippen molar-refractivity contribution in [3.8, 4) is 0 Å². The van der Waals surface area contributed by atoms with Crippen LogP contribution in [0.25, 0.3) is 0 Å². The van der Waals surface area contributed by atoms with Gasteiger partial charge in [-0.05, 0) is 25.5 Å². The topological polar surface area (TPSA) is 92.9 Å². The van der Waals surface area contributed by atoms with Crippen molar-refractivity contribution in [2.24, 2.45) is 5.73 Å². The van der Waals surface area contributed by atoms with Crippen LogP contribution < -0.4 is 16.4 Å². The Morgan fingerprint density at radius 1 is 1.25 bits per heavy atom. The van der Waals surface area contributed by atoms with Gasteiger partial charge in [0.25, 0.3) is 0 Å². The van der Waals surface area contributed by atoms with Crippen LogP contribution in [0.5, 0.6) is 0 Å². The number of anilines is 2. The van der Waals surface area contributed by atoms with E-state index in [0.717, 1.165) is 49.1 Å². The smallest absolute Gasteiger partial charge is 0.217 e. The number of primary amides is 1. The van der Waals surface area contributed by atoms with Gasteiger partial charge < -0.3 is 16.4 Å². The van der Waals surface area contributed by atoms with Crippen molar-refractivity contribution < 1.29 is 4.79 Å². The maximum Gasteiger partial charge on any atom is 0.217 e. The third-order valence-corrected chi connectivity index (χ3v) is 3.15. The molecule has 0 aliphatic rings. The van der Waals surface area contributed by atoms with Gasteiger partial charge in [-0.3, -0.25) is 4.79 Å². The predicted molar refractivity (Wildman–Crippen MR) is 84.1 cm³/mol. The first-order valence-corrected chi connectivity index (χ1v) is 8.07. The average Bonchev–Trinajstić information content (AvgIpc) is 2.44. The fraction of sp³-hybridized carbons (Fsp3) is 0.615. The van der Waals surface area contributed by atoms with Gasteiger partial charge in [0.2, 0.25) is 5.91 Å². The number of carbonyl (C=O) groups excluding carboxylic acids is 1. The standard InChI is InChI=1S/C13H23N5OS/c1-3-7-15-11-9-12(18-13(17-11)20-2)16-8-5-4-6-10(14)19/h9H,3-8H2,1-2H3,(H2,14,19)(H2,15,16,17,18). The van der Waals surface area contributed by atoms with Crippen LogP contribution in [-0.2, 0) is 4.79 Å². The van der Waals surface area contributed by atoms with E-state index in [9.17, 15) is 4.79 Å². The van der Waals surface area contributed by atoms with Gasteiger partial charge in [0.15, 0.2) is 5.16 Å². The first kappa shape index (κ1) is 16.6. The highest BCUT2D eigenvalue weighted by atomic mass is 32.2. The number of aromatic nitrogens is 2. The number of unbranched alkanes of at least 4 members (excludes halogenated alkanes) is 1. The Morgan fingerprint density at radius 2 is 1.90 bits per heavy atom. The lowest BCUT2D eigenvalue weighted by atomic mass is 10.2. The number of rotatable bonds is 10. The van der Waals surface area contributed by atoms with Crippen LogP contribution >= 0.6 is 11.8 Å². The molecule has 0 saturated heterocycles. The van der Waals surface area contributed by atoms with Gasteiger partial charge in [0.05, 0.1) is 0 Å². The molecular weight excluding hydrogens is 274 g/mol. The molecule has 20 heavy (non-hydrogen) atoms. The minimum absolute atomic E-state index is 0.247. The van der Waals surface area contributed by atoms with E-state index in [-0.39, 0.29) is 5.91 Å². The van der Waals surface area contributed by atoms with E-state index in [2.05, 4.69) is 27.5 Å². The first-order chi connectivity index (χ1) is 9.65. The van der Waals surface area contributed by atoms with Gasteiger partial charge in [-0.25, -0.2) is 9.97 Å². The van der Waals surface area contributed by atoms with Crippen LogP contribution in [0.2, 0.25) is 0 Å². The summed E-state index contributed by atoms with van der Waals surface area (Å²) in [6, 6.07) is 1.91. The van der Waals surface area contributed by atoms with E-state index in [1.54, 1.807) is 0 Å². The molecule has 0 unspecified atom stereocenters. The van der Waals surface area contributed by atoms with Crippen LogP contribution in [-0.4, -0.2) is 35.2 Å². The Kier molecular flexibility index (Phi) is 7.79. The van der Waals surface area contributed by atoms with Crippen LogP contribution in [0.15, 0.2) is 11.2 Å². The van der Waals surface area contributed by atoms with Crippen LogP contribution in [0.3, 0.4) is 0 Å². The van der Waals surface area contributed by atoms with Crippen molar-refractivity contribution in [3.63, 3.8) is 0 Å². The summed E-state index contributed by atoms with van der Waals surface area (Å²) >= 11 is 1.51. The van der Waals surface area contributed by atoms with Crippen LogP contribution in [0, 0.1) is 0 Å². The highest BCUT2D eigenvalue weighted by Crippen LogP contribution is 2.17. The predicted octanol–water partition coefficient (Wildman–Crippen LogP) is 2.09. The quantitative estimate of drug-likeness (QED) is 0.348. The molecule has 0 atom stereocenters. The molecule has 6 nitrogen and oxygen atoms in total. The third-order valence-electron chi connectivity index (χ3n) is 2.60. The molecule has 1 amide bonds. The normalized spacial score (nSPS) is 10.3. The Labute approximate surface area is 124 Å². The van der Waals surface area contributed by atoms with E-state index in [1.165, 1.54) is 11.8 Å². The van der Waals surface area contributed by atoms with E-state index in [4.69, 9.17) is 5.73 Å². The van der Waals surface area contributed by atoms with E-state index >= 15 is 0 Å². The molecule has 0 fully saturated rings. The number of thioether (sulfide) groups is 1. The molecule has 1 heterocycles. The van der Waals surface area contributed by atoms with Crippen molar-refractivity contribution in [2.45, 2.75) is 37.8 Å². The lowest BCUT2D eigenvalue weighted by Gasteiger charge is -2.10. The molecule has 0 aromatic carbocycles. The Morgan fingerprint density at radius 3 is 2.45 bits per heavy atom. The second-order valence-corrected chi connectivity index (χ2v) is 5.18. The van der Waals surface area contributed by atoms with Crippen LogP contribution in [0.4, 0.5) is 11.6 Å². The summed E-state index contributed by atoms with van der Waals surface area (Å²) in [5.74, 6) is 1.40. The van der Waals surface area contributed by atoms with Crippen molar-refractivity contribution in [2.75, 3.05) is 30.0 Å². The molecular formula is C13H23N5OS. The van der Waals surface area contributed by atoms with Gasteiger partial charge in [-0.15, -0.1) is 0 Å². The highest BCUT2D eigenvalue weighted by molar-refractivity contribution is 7.98. The molecule has 7 heteroatoms. The Bertz CT molecular complexity index is 427.